The van der Waals surface area contributed by atoms with Crippen molar-refractivity contribution in [2.24, 2.45) is 11.7 Å². The molecule has 0 spiro atoms. The van der Waals surface area contributed by atoms with Gasteiger partial charge in [-0.25, -0.2) is 0 Å². The van der Waals surface area contributed by atoms with E-state index in [1.165, 1.54) is 16.2 Å². The third-order valence-electron chi connectivity index (χ3n) is 7.78. The quantitative estimate of drug-likeness (QED) is 0.427. The molecule has 2 aliphatic carbocycles. The van der Waals surface area contributed by atoms with Crippen molar-refractivity contribution in [3.05, 3.63) is 49.1 Å². The summed E-state index contributed by atoms with van der Waals surface area (Å²) in [7, 11) is 0. The van der Waals surface area contributed by atoms with Gasteiger partial charge >= 0.3 is 0 Å². The van der Waals surface area contributed by atoms with Crippen LogP contribution in [0.25, 0.3) is 0 Å². The van der Waals surface area contributed by atoms with Crippen molar-refractivity contribution in [1.82, 2.24) is 30.8 Å². The zero-order chi connectivity index (χ0) is 25.0. The summed E-state index contributed by atoms with van der Waals surface area (Å²) < 4.78 is 0. The Morgan fingerprint density at radius 3 is 2.94 bits per heavy atom. The van der Waals surface area contributed by atoms with Crippen molar-refractivity contribution >= 4 is 34.5 Å². The largest absolute Gasteiger partial charge is 0.365 e. The lowest BCUT2D eigenvalue weighted by molar-refractivity contribution is -0.131. The van der Waals surface area contributed by atoms with Gasteiger partial charge in [-0.15, -0.1) is 32.9 Å². The van der Waals surface area contributed by atoms with Crippen LogP contribution in [0, 0.1) is 17.2 Å². The molecule has 1 saturated carbocycles. The summed E-state index contributed by atoms with van der Waals surface area (Å²) in [6.07, 6.45) is 4.00. The molecule has 186 valence electrons. The number of primary amides is 1. The smallest absolute Gasteiger partial charge is 0.258 e. The van der Waals surface area contributed by atoms with Crippen molar-refractivity contribution in [3.8, 4) is 6.07 Å². The molecule has 1 unspecified atom stereocenters. The number of rotatable bonds is 7. The average molecular weight is 523 g/mol. The lowest BCUT2D eigenvalue weighted by Crippen LogP contribution is -2.46. The average Bonchev–Trinajstić information content (AvgIpc) is 3.39. The number of likely N-dealkylation sites (tertiary alicyclic amines) is 1. The monoisotopic (exact) mass is 522 g/mol. The summed E-state index contributed by atoms with van der Waals surface area (Å²) in [6, 6.07) is 6.08. The van der Waals surface area contributed by atoms with Gasteiger partial charge in [-0.1, -0.05) is 5.21 Å². The number of aryl methyl sites for hydroxylation is 2. The number of carbonyl (C=O) groups excluding carboxylic acids is 2. The van der Waals surface area contributed by atoms with Gasteiger partial charge in [-0.3, -0.25) is 9.59 Å². The first-order chi connectivity index (χ1) is 17.4. The number of thiophene rings is 2. The predicted octanol–water partition coefficient (Wildman–Crippen LogP) is 1.74. The van der Waals surface area contributed by atoms with E-state index >= 15 is 0 Å². The summed E-state index contributed by atoms with van der Waals surface area (Å²) in [5.41, 5.74) is 7.00. The van der Waals surface area contributed by atoms with Crippen LogP contribution >= 0.6 is 22.7 Å². The number of aromatic nitrogens is 4. The number of hydrogen-bond donors (Lipinski definition) is 3. The molecule has 2 fully saturated rings. The molecule has 2 amide bonds. The highest BCUT2D eigenvalue weighted by molar-refractivity contribution is 7.14. The van der Waals surface area contributed by atoms with Gasteiger partial charge < -0.3 is 16.0 Å². The summed E-state index contributed by atoms with van der Waals surface area (Å²) in [5.74, 6) is 0.533. The lowest BCUT2D eigenvalue weighted by atomic mass is 9.70. The Morgan fingerprint density at radius 2 is 2.19 bits per heavy atom. The number of H-pyrrole nitrogens is 1. The Bertz CT molecular complexity index is 1360. The molecule has 0 radical (unpaired) electrons. The molecule has 6 rings (SSSR count). The van der Waals surface area contributed by atoms with Crippen LogP contribution < -0.4 is 11.1 Å². The Balaban J connectivity index is 1.33. The normalized spacial score (nSPS) is 26.9. The zero-order valence-electron chi connectivity index (χ0n) is 19.7. The molecular formula is C24H26N8O2S2. The Morgan fingerprint density at radius 1 is 1.36 bits per heavy atom. The van der Waals surface area contributed by atoms with Crippen molar-refractivity contribution in [3.63, 3.8) is 0 Å². The molecular weight excluding hydrogens is 496 g/mol. The number of piperidine rings is 1. The van der Waals surface area contributed by atoms with E-state index in [-0.39, 0.29) is 30.6 Å². The number of nitrogens with one attached hydrogen (secondary N) is 2. The van der Waals surface area contributed by atoms with Gasteiger partial charge in [-0.2, -0.15) is 10.5 Å². The minimum absolute atomic E-state index is 0.0312. The van der Waals surface area contributed by atoms with Gasteiger partial charge in [0.2, 0.25) is 5.91 Å². The summed E-state index contributed by atoms with van der Waals surface area (Å²) in [5, 5.41) is 30.3. The number of nitriles is 1. The molecule has 1 saturated heterocycles. The fourth-order valence-corrected chi connectivity index (χ4v) is 8.14. The van der Waals surface area contributed by atoms with Crippen LogP contribution in [0.5, 0.6) is 0 Å². The van der Waals surface area contributed by atoms with E-state index in [4.69, 9.17) is 5.73 Å². The molecule has 3 aromatic rings. The third-order valence-corrected chi connectivity index (χ3v) is 9.97. The van der Waals surface area contributed by atoms with Gasteiger partial charge in [0.05, 0.1) is 22.9 Å². The maximum atomic E-state index is 13.1. The van der Waals surface area contributed by atoms with Crippen molar-refractivity contribution < 1.29 is 9.59 Å². The first-order valence-electron chi connectivity index (χ1n) is 12.1. The first kappa shape index (κ1) is 23.3. The number of carbonyl (C=O) groups is 2. The fourth-order valence-electron chi connectivity index (χ4n) is 6.09. The highest BCUT2D eigenvalue weighted by Crippen LogP contribution is 2.50. The molecule has 0 aromatic carbocycles. The zero-order valence-corrected chi connectivity index (χ0v) is 21.4. The van der Waals surface area contributed by atoms with Gasteiger partial charge in [0.1, 0.15) is 6.04 Å². The van der Waals surface area contributed by atoms with E-state index in [1.54, 1.807) is 16.2 Å². The van der Waals surface area contributed by atoms with E-state index in [1.807, 2.05) is 13.0 Å². The minimum atomic E-state index is -0.752. The van der Waals surface area contributed by atoms with Crippen LogP contribution in [0.3, 0.4) is 0 Å². The van der Waals surface area contributed by atoms with Crippen molar-refractivity contribution in [2.45, 2.75) is 62.6 Å². The molecule has 3 aromatic heterocycles. The Hall–Kier alpha value is -3.14. The number of tetrazole rings is 1. The van der Waals surface area contributed by atoms with Gasteiger partial charge in [-0.05, 0) is 73.6 Å². The summed E-state index contributed by atoms with van der Waals surface area (Å²) in [4.78, 5) is 29.8. The number of nitrogens with zero attached hydrogens (tertiary/aromatic N) is 5. The number of amides is 2. The van der Waals surface area contributed by atoms with Gasteiger partial charge in [0.25, 0.3) is 5.91 Å². The standard InChI is InChI=1S/C24H26N8O2S2/c1-12(27-11-21(33)32-14(10-25)6-13-7-17(13)32)9-24(23-28-30-31-29-23)15-4-5-35-18(15)2-3-19-16(24)8-20(36-19)22(26)34/h4-5,8,12-14,17,27H,2-3,6-7,9,11H2,1H3,(H2,26,34)(H,28,29,30,31)/t12-,13+,14-,17-,24?/m0/s1. The highest BCUT2D eigenvalue weighted by atomic mass is 32.1. The Kier molecular flexibility index (Phi) is 5.66. The molecule has 5 atom stereocenters. The van der Waals surface area contributed by atoms with Crippen LogP contribution in [0.4, 0.5) is 0 Å². The van der Waals surface area contributed by atoms with Crippen LogP contribution in [0.15, 0.2) is 17.5 Å². The minimum Gasteiger partial charge on any atom is -0.365 e. The second-order valence-electron chi connectivity index (χ2n) is 9.94. The van der Waals surface area contributed by atoms with Crippen LogP contribution in [-0.2, 0) is 23.1 Å². The first-order valence-corrected chi connectivity index (χ1v) is 13.8. The number of fused-ring (bicyclic) bond motifs is 3. The predicted molar refractivity (Wildman–Crippen MR) is 133 cm³/mol. The molecule has 4 N–H and O–H groups in total. The van der Waals surface area contributed by atoms with E-state index in [9.17, 15) is 14.9 Å². The van der Waals surface area contributed by atoms with E-state index < -0.39 is 11.3 Å². The number of hydrogen-bond acceptors (Lipinski definition) is 9. The third kappa shape index (κ3) is 3.65. The summed E-state index contributed by atoms with van der Waals surface area (Å²) in [6.45, 7) is 2.20. The fraction of sp³-hybridized carbons (Fsp3) is 0.500. The van der Waals surface area contributed by atoms with Crippen LogP contribution in [0.1, 0.15) is 62.6 Å². The molecule has 0 bridgehead atoms. The SMILES string of the molecule is C[C@@H](CC1(c2nn[nH]n2)c2ccsc2CCc2sc(C(N)=O)cc21)NCC(=O)N1[C@H](C#N)C[C@@H]2C[C@@H]21. The van der Waals surface area contributed by atoms with Crippen LogP contribution in [-0.4, -0.2) is 62.0 Å². The molecule has 10 nitrogen and oxygen atoms in total. The van der Waals surface area contributed by atoms with Gasteiger partial charge in [0, 0.05) is 21.8 Å². The second kappa shape index (κ2) is 8.76. The van der Waals surface area contributed by atoms with Crippen LogP contribution in [0.2, 0.25) is 0 Å². The second-order valence-corrected chi connectivity index (χ2v) is 12.1. The van der Waals surface area contributed by atoms with E-state index in [0.29, 0.717) is 23.0 Å². The molecule has 36 heavy (non-hydrogen) atoms. The molecule has 3 aliphatic rings. The Labute approximate surface area is 215 Å². The van der Waals surface area contributed by atoms with Crippen molar-refractivity contribution in [2.75, 3.05) is 6.54 Å². The van der Waals surface area contributed by atoms with Crippen molar-refractivity contribution in [1.29, 1.82) is 5.26 Å². The lowest BCUT2D eigenvalue weighted by Gasteiger charge is -2.34. The topological polar surface area (TPSA) is 154 Å². The maximum absolute atomic E-state index is 13.1. The number of nitrogens with two attached hydrogens (primary N) is 1. The van der Waals surface area contributed by atoms with E-state index in [0.717, 1.165) is 41.7 Å². The van der Waals surface area contributed by atoms with Gasteiger partial charge in [0.15, 0.2) is 5.82 Å². The number of aromatic amines is 1. The maximum Gasteiger partial charge on any atom is 0.258 e. The molecule has 4 heterocycles. The highest BCUT2D eigenvalue weighted by Gasteiger charge is 2.54. The van der Waals surface area contributed by atoms with E-state index in [2.05, 4.69) is 43.5 Å². The summed E-state index contributed by atoms with van der Waals surface area (Å²) >= 11 is 3.14. The molecule has 12 heteroatoms. The molecule has 1 aliphatic heterocycles.